The van der Waals surface area contributed by atoms with Crippen molar-refractivity contribution in [3.05, 3.63) is 21.1 Å². The van der Waals surface area contributed by atoms with Crippen LogP contribution in [-0.2, 0) is 4.79 Å². The van der Waals surface area contributed by atoms with E-state index >= 15 is 0 Å². The molecule has 1 heterocycles. The predicted octanol–water partition coefficient (Wildman–Crippen LogP) is 3.63. The number of anilines is 2. The van der Waals surface area contributed by atoms with Crippen LogP contribution in [0.4, 0.5) is 11.4 Å². The lowest BCUT2D eigenvalue weighted by atomic mass is 10.2. The van der Waals surface area contributed by atoms with E-state index < -0.39 is 0 Å². The first-order valence-electron chi connectivity index (χ1n) is 5.25. The highest BCUT2D eigenvalue weighted by Crippen LogP contribution is 2.35. The fourth-order valence-electron chi connectivity index (χ4n) is 1.70. The van der Waals surface area contributed by atoms with Gasteiger partial charge in [-0.1, -0.05) is 0 Å². The molecule has 0 aromatic heterocycles. The van der Waals surface area contributed by atoms with E-state index in [1.807, 2.05) is 0 Å². The van der Waals surface area contributed by atoms with E-state index in [4.69, 9.17) is 5.73 Å². The van der Waals surface area contributed by atoms with Crippen LogP contribution in [0, 0.1) is 0 Å². The minimum atomic E-state index is 0.0682. The normalized spacial score (nSPS) is 19.3. The monoisotopic (exact) mass is 378 g/mol. The highest BCUT2D eigenvalue weighted by Gasteiger charge is 2.24. The van der Waals surface area contributed by atoms with Gasteiger partial charge in [0.25, 0.3) is 0 Å². The Labute approximate surface area is 121 Å². The van der Waals surface area contributed by atoms with Crippen molar-refractivity contribution in [3.63, 3.8) is 0 Å². The van der Waals surface area contributed by atoms with Gasteiger partial charge in [-0.05, 0) is 62.6 Å². The van der Waals surface area contributed by atoms with Gasteiger partial charge in [0.1, 0.15) is 0 Å². The van der Waals surface area contributed by atoms with Crippen molar-refractivity contribution in [1.82, 2.24) is 0 Å². The number of hydrogen-bond acceptors (Lipinski definition) is 3. The van der Waals surface area contributed by atoms with Gasteiger partial charge in [0.15, 0.2) is 0 Å². The number of nitrogens with two attached hydrogens (primary N) is 1. The van der Waals surface area contributed by atoms with Crippen LogP contribution in [0.2, 0.25) is 0 Å². The highest BCUT2D eigenvalue weighted by molar-refractivity contribution is 9.11. The van der Waals surface area contributed by atoms with Gasteiger partial charge in [-0.15, -0.1) is 11.8 Å². The van der Waals surface area contributed by atoms with E-state index in [1.54, 1.807) is 23.9 Å². The summed E-state index contributed by atoms with van der Waals surface area (Å²) in [5, 5.41) is 3.01. The van der Waals surface area contributed by atoms with Crippen molar-refractivity contribution < 1.29 is 4.79 Å². The molecule has 0 radical (unpaired) electrons. The minimum absolute atomic E-state index is 0.0682. The molecule has 0 spiro atoms. The second kappa shape index (κ2) is 5.63. The number of amides is 1. The Bertz CT molecular complexity index is 424. The first kappa shape index (κ1) is 13.2. The van der Waals surface area contributed by atoms with Crippen LogP contribution in [0.3, 0.4) is 0 Å². The summed E-state index contributed by atoms with van der Waals surface area (Å²) >= 11 is 8.52. The molecule has 0 saturated carbocycles. The molecular formula is C11H12Br2N2OS. The zero-order valence-electron chi connectivity index (χ0n) is 9.00. The van der Waals surface area contributed by atoms with Gasteiger partial charge < -0.3 is 11.1 Å². The third-order valence-electron chi connectivity index (χ3n) is 2.53. The number of nitrogens with one attached hydrogen (secondary N) is 1. The smallest absolute Gasteiger partial charge is 0.237 e. The Morgan fingerprint density at radius 3 is 2.59 bits per heavy atom. The molecule has 1 unspecified atom stereocenters. The largest absolute Gasteiger partial charge is 0.399 e. The number of halogens is 2. The second-order valence-electron chi connectivity index (χ2n) is 3.85. The molecule has 0 bridgehead atoms. The van der Waals surface area contributed by atoms with Gasteiger partial charge in [0.05, 0.1) is 10.9 Å². The number of carbonyl (C=O) groups excluding carboxylic acids is 1. The minimum Gasteiger partial charge on any atom is -0.399 e. The number of thioether (sulfide) groups is 1. The maximum absolute atomic E-state index is 12.0. The summed E-state index contributed by atoms with van der Waals surface area (Å²) in [5.41, 5.74) is 7.10. The lowest BCUT2D eigenvalue weighted by molar-refractivity contribution is -0.115. The Hall–Kier alpha value is -0.200. The van der Waals surface area contributed by atoms with E-state index in [1.165, 1.54) is 0 Å². The maximum atomic E-state index is 12.0. The fourth-order valence-corrected chi connectivity index (χ4v) is 4.28. The number of hydrogen-bond donors (Lipinski definition) is 2. The van der Waals surface area contributed by atoms with Crippen molar-refractivity contribution in [2.24, 2.45) is 0 Å². The molecule has 92 valence electrons. The first-order valence-corrected chi connectivity index (χ1v) is 7.88. The molecule has 3 nitrogen and oxygen atoms in total. The zero-order valence-corrected chi connectivity index (χ0v) is 13.0. The molecule has 1 fully saturated rings. The van der Waals surface area contributed by atoms with Crippen LogP contribution < -0.4 is 11.1 Å². The third kappa shape index (κ3) is 3.17. The molecule has 1 aliphatic rings. The Morgan fingerprint density at radius 1 is 1.41 bits per heavy atom. The summed E-state index contributed by atoms with van der Waals surface area (Å²) in [6.45, 7) is 0. The van der Waals surface area contributed by atoms with Crippen LogP contribution in [0.15, 0.2) is 21.1 Å². The van der Waals surface area contributed by atoms with E-state index in [-0.39, 0.29) is 11.2 Å². The van der Waals surface area contributed by atoms with Gasteiger partial charge in [-0.3, -0.25) is 4.79 Å². The number of nitrogen functional groups attached to an aromatic ring is 1. The first-order chi connectivity index (χ1) is 8.08. The molecule has 0 aliphatic carbocycles. The van der Waals surface area contributed by atoms with Crippen LogP contribution in [-0.4, -0.2) is 16.9 Å². The van der Waals surface area contributed by atoms with Crippen molar-refractivity contribution in [1.29, 1.82) is 0 Å². The average molecular weight is 380 g/mol. The molecule has 1 aromatic rings. The Morgan fingerprint density at radius 2 is 2.06 bits per heavy atom. The van der Waals surface area contributed by atoms with E-state index in [0.29, 0.717) is 5.69 Å². The Kier molecular flexibility index (Phi) is 4.38. The summed E-state index contributed by atoms with van der Waals surface area (Å²) in [7, 11) is 0. The summed E-state index contributed by atoms with van der Waals surface area (Å²) in [6.07, 6.45) is 2.08. The van der Waals surface area contributed by atoms with Gasteiger partial charge in [0.2, 0.25) is 5.91 Å². The van der Waals surface area contributed by atoms with E-state index in [9.17, 15) is 4.79 Å². The van der Waals surface area contributed by atoms with Crippen LogP contribution in [0.5, 0.6) is 0 Å². The van der Waals surface area contributed by atoms with Crippen molar-refractivity contribution >= 4 is 60.9 Å². The molecule has 1 aromatic carbocycles. The summed E-state index contributed by atoms with van der Waals surface area (Å²) < 4.78 is 1.58. The molecule has 1 saturated heterocycles. The fraction of sp³-hybridized carbons (Fsp3) is 0.364. The van der Waals surface area contributed by atoms with Crippen LogP contribution >= 0.6 is 43.6 Å². The topological polar surface area (TPSA) is 55.1 Å². The van der Waals surface area contributed by atoms with Gasteiger partial charge in [-0.25, -0.2) is 0 Å². The van der Waals surface area contributed by atoms with Crippen LogP contribution in [0.1, 0.15) is 12.8 Å². The van der Waals surface area contributed by atoms with Gasteiger partial charge in [0, 0.05) is 14.6 Å². The van der Waals surface area contributed by atoms with Gasteiger partial charge in [-0.2, -0.15) is 0 Å². The SMILES string of the molecule is Nc1cc(Br)c(NC(=O)C2CCCS2)c(Br)c1. The number of carbonyl (C=O) groups is 1. The molecule has 3 N–H and O–H groups in total. The summed E-state index contributed by atoms with van der Waals surface area (Å²) in [6, 6.07) is 3.56. The molecule has 17 heavy (non-hydrogen) atoms. The number of rotatable bonds is 2. The molecule has 1 aliphatic heterocycles. The second-order valence-corrected chi connectivity index (χ2v) is 6.87. The predicted molar refractivity (Wildman–Crippen MR) is 80.4 cm³/mol. The van der Waals surface area contributed by atoms with Crippen molar-refractivity contribution in [3.8, 4) is 0 Å². The molecule has 2 rings (SSSR count). The number of benzene rings is 1. The van der Waals surface area contributed by atoms with Gasteiger partial charge >= 0.3 is 0 Å². The standard InChI is InChI=1S/C11H12Br2N2OS/c12-7-4-6(14)5-8(13)10(7)15-11(16)9-2-1-3-17-9/h4-5,9H,1-3,14H2,(H,15,16). The maximum Gasteiger partial charge on any atom is 0.237 e. The van der Waals surface area contributed by atoms with E-state index in [2.05, 4.69) is 37.2 Å². The van der Waals surface area contributed by atoms with Crippen molar-refractivity contribution in [2.45, 2.75) is 18.1 Å². The molecular weight excluding hydrogens is 368 g/mol. The summed E-state index contributed by atoms with van der Waals surface area (Å²) in [4.78, 5) is 12.0. The molecule has 1 amide bonds. The highest BCUT2D eigenvalue weighted by atomic mass is 79.9. The molecule has 1 atom stereocenters. The van der Waals surface area contributed by atoms with Crippen LogP contribution in [0.25, 0.3) is 0 Å². The van der Waals surface area contributed by atoms with Crippen molar-refractivity contribution in [2.75, 3.05) is 16.8 Å². The van der Waals surface area contributed by atoms with E-state index in [0.717, 1.165) is 33.2 Å². The Balaban J connectivity index is 2.15. The lowest BCUT2D eigenvalue weighted by Crippen LogP contribution is -2.23. The quantitative estimate of drug-likeness (QED) is 0.771. The molecule has 6 heteroatoms. The zero-order chi connectivity index (χ0) is 12.4. The third-order valence-corrected chi connectivity index (χ3v) is 5.16. The average Bonchev–Trinajstić information content (AvgIpc) is 2.76. The lowest BCUT2D eigenvalue weighted by Gasteiger charge is -2.13. The summed E-state index contributed by atoms with van der Waals surface area (Å²) in [5.74, 6) is 1.14.